The van der Waals surface area contributed by atoms with Crippen LogP contribution in [-0.2, 0) is 11.4 Å². The van der Waals surface area contributed by atoms with Gasteiger partial charge in [0.2, 0.25) is 0 Å². The molecule has 0 saturated carbocycles. The molecule has 0 bridgehead atoms. The number of rotatable bonds is 4. The van der Waals surface area contributed by atoms with Crippen molar-refractivity contribution in [1.82, 2.24) is 5.06 Å². The number of carbonyl (C=O) groups excluding carboxylic acids is 2. The van der Waals surface area contributed by atoms with Crippen molar-refractivity contribution < 1.29 is 28.3 Å². The molecule has 1 heterocycles. The van der Waals surface area contributed by atoms with Gasteiger partial charge in [0.25, 0.3) is 0 Å². The fourth-order valence-electron chi connectivity index (χ4n) is 2.20. The molecule has 7 heteroatoms. The van der Waals surface area contributed by atoms with E-state index >= 15 is 0 Å². The van der Waals surface area contributed by atoms with Crippen LogP contribution in [0.4, 0.5) is 9.59 Å². The summed E-state index contributed by atoms with van der Waals surface area (Å²) in [5, 5.41) is 0.774. The summed E-state index contributed by atoms with van der Waals surface area (Å²) in [7, 11) is 0. The van der Waals surface area contributed by atoms with Gasteiger partial charge in [0.1, 0.15) is 17.3 Å². The lowest BCUT2D eigenvalue weighted by molar-refractivity contribution is -0.0956. The van der Waals surface area contributed by atoms with Crippen LogP contribution in [0.25, 0.3) is 0 Å². The molecule has 0 spiro atoms. The van der Waals surface area contributed by atoms with Crippen molar-refractivity contribution in [3.05, 3.63) is 84.3 Å². The Balaban J connectivity index is 1.71. The Hall–Kier alpha value is -3.74. The van der Waals surface area contributed by atoms with Crippen LogP contribution in [0.2, 0.25) is 0 Å². The van der Waals surface area contributed by atoms with Crippen molar-refractivity contribution in [2.75, 3.05) is 0 Å². The van der Waals surface area contributed by atoms with Crippen LogP contribution in [0.1, 0.15) is 11.3 Å². The predicted octanol–water partition coefficient (Wildman–Crippen LogP) is 4.72. The predicted molar refractivity (Wildman–Crippen MR) is 95.0 cm³/mol. The minimum Gasteiger partial charge on any atom is -0.469 e. The van der Waals surface area contributed by atoms with E-state index in [0.29, 0.717) is 22.8 Å². The van der Waals surface area contributed by atoms with Gasteiger partial charge in [-0.2, -0.15) is 0 Å². The van der Waals surface area contributed by atoms with E-state index in [9.17, 15) is 9.59 Å². The summed E-state index contributed by atoms with van der Waals surface area (Å²) in [6.45, 7) is 1.68. The van der Waals surface area contributed by atoms with Crippen molar-refractivity contribution in [1.29, 1.82) is 0 Å². The topological polar surface area (TPSA) is 78.2 Å². The second-order valence-corrected chi connectivity index (χ2v) is 5.48. The summed E-state index contributed by atoms with van der Waals surface area (Å²) < 4.78 is 15.5. The first-order valence-electron chi connectivity index (χ1n) is 8.14. The van der Waals surface area contributed by atoms with Crippen LogP contribution in [0.5, 0.6) is 11.5 Å². The monoisotopic (exact) mass is 367 g/mol. The molecular formula is C20H17NO6. The maximum atomic E-state index is 12.5. The lowest BCUT2D eigenvalue weighted by Gasteiger charge is -2.19. The van der Waals surface area contributed by atoms with Crippen LogP contribution in [0.15, 0.2) is 77.4 Å². The number of hydrogen-bond acceptors (Lipinski definition) is 6. The molecule has 7 nitrogen and oxygen atoms in total. The number of ether oxygens (including phenoxy) is 2. The summed E-state index contributed by atoms with van der Waals surface area (Å²) >= 11 is 0. The minimum absolute atomic E-state index is 0.0576. The molecule has 1 aromatic heterocycles. The molecule has 0 radical (unpaired) electrons. The third-order valence-electron chi connectivity index (χ3n) is 3.56. The molecule has 0 aliphatic rings. The van der Waals surface area contributed by atoms with Crippen LogP contribution < -0.4 is 9.47 Å². The van der Waals surface area contributed by atoms with Gasteiger partial charge in [0.15, 0.2) is 0 Å². The molecule has 0 aliphatic carbocycles. The van der Waals surface area contributed by atoms with Gasteiger partial charge in [0, 0.05) is 5.56 Å². The molecule has 0 aliphatic heterocycles. The Morgan fingerprint density at radius 1 is 0.889 bits per heavy atom. The van der Waals surface area contributed by atoms with Gasteiger partial charge >= 0.3 is 12.2 Å². The van der Waals surface area contributed by atoms with E-state index in [1.165, 1.54) is 6.26 Å². The number of nitrogens with zero attached hydrogens (tertiary/aromatic N) is 1. The van der Waals surface area contributed by atoms with E-state index < -0.39 is 12.2 Å². The fourth-order valence-corrected chi connectivity index (χ4v) is 2.20. The molecular weight excluding hydrogens is 350 g/mol. The molecule has 138 valence electrons. The zero-order chi connectivity index (χ0) is 19.1. The van der Waals surface area contributed by atoms with Gasteiger partial charge < -0.3 is 13.9 Å². The van der Waals surface area contributed by atoms with Crippen LogP contribution in [0.3, 0.4) is 0 Å². The van der Waals surface area contributed by atoms with Crippen molar-refractivity contribution >= 4 is 12.2 Å². The van der Waals surface area contributed by atoms with E-state index in [1.807, 2.05) is 0 Å². The second kappa shape index (κ2) is 8.57. The third-order valence-corrected chi connectivity index (χ3v) is 3.56. The molecule has 3 aromatic rings. The molecule has 1 amide bonds. The number of benzene rings is 2. The largest absolute Gasteiger partial charge is 0.539 e. The standard InChI is InChI=1S/C20H17NO6/c1-15-16(12-13-24-15)14-21(19(22)25-17-8-4-2-5-9-17)27-20(23)26-18-10-6-3-7-11-18/h2-13H,14H2,1H3. The summed E-state index contributed by atoms with van der Waals surface area (Å²) in [6.07, 6.45) is -0.451. The zero-order valence-electron chi connectivity index (χ0n) is 14.5. The molecule has 0 saturated heterocycles. The van der Waals surface area contributed by atoms with E-state index in [0.717, 1.165) is 5.06 Å². The SMILES string of the molecule is Cc1occc1CN(OC(=O)Oc1ccccc1)C(=O)Oc1ccccc1. The quantitative estimate of drug-likeness (QED) is 0.377. The number of amides is 1. The van der Waals surface area contributed by atoms with E-state index in [4.69, 9.17) is 18.7 Å². The Labute approximate surface area is 155 Å². The zero-order valence-corrected chi connectivity index (χ0v) is 14.5. The highest BCUT2D eigenvalue weighted by atomic mass is 16.8. The van der Waals surface area contributed by atoms with E-state index in [-0.39, 0.29) is 6.54 Å². The second-order valence-electron chi connectivity index (χ2n) is 5.48. The van der Waals surface area contributed by atoms with Gasteiger partial charge in [-0.15, -0.1) is 5.06 Å². The van der Waals surface area contributed by atoms with Crippen molar-refractivity contribution in [3.63, 3.8) is 0 Å². The Morgan fingerprint density at radius 3 is 2.04 bits per heavy atom. The Kier molecular flexibility index (Phi) is 5.73. The highest BCUT2D eigenvalue weighted by Crippen LogP contribution is 2.17. The van der Waals surface area contributed by atoms with Crippen LogP contribution >= 0.6 is 0 Å². The summed E-state index contributed by atoms with van der Waals surface area (Å²) in [6, 6.07) is 18.5. The van der Waals surface area contributed by atoms with Crippen molar-refractivity contribution in [2.45, 2.75) is 13.5 Å². The summed E-state index contributed by atoms with van der Waals surface area (Å²) in [4.78, 5) is 29.6. The van der Waals surface area contributed by atoms with Gasteiger partial charge in [-0.25, -0.2) is 9.59 Å². The number of para-hydroxylation sites is 2. The number of carbonyl (C=O) groups is 2. The smallest absolute Gasteiger partial charge is 0.469 e. The van der Waals surface area contributed by atoms with Gasteiger partial charge in [-0.1, -0.05) is 36.4 Å². The lowest BCUT2D eigenvalue weighted by atomic mass is 10.2. The van der Waals surface area contributed by atoms with Crippen molar-refractivity contribution in [2.24, 2.45) is 0 Å². The highest BCUT2D eigenvalue weighted by molar-refractivity contribution is 5.72. The van der Waals surface area contributed by atoms with Gasteiger partial charge in [0.05, 0.1) is 12.8 Å². The molecule has 27 heavy (non-hydrogen) atoms. The number of furan rings is 1. The van der Waals surface area contributed by atoms with Crippen molar-refractivity contribution in [3.8, 4) is 11.5 Å². The van der Waals surface area contributed by atoms with Gasteiger partial charge in [-0.05, 0) is 37.3 Å². The van der Waals surface area contributed by atoms with Crippen LogP contribution in [0, 0.1) is 6.92 Å². The maximum absolute atomic E-state index is 12.5. The lowest BCUT2D eigenvalue weighted by Crippen LogP contribution is -2.36. The molecule has 2 aromatic carbocycles. The average Bonchev–Trinajstić information content (AvgIpc) is 3.07. The average molecular weight is 367 g/mol. The summed E-state index contributed by atoms with van der Waals surface area (Å²) in [5.74, 6) is 1.20. The molecule has 3 rings (SSSR count). The van der Waals surface area contributed by atoms with Gasteiger partial charge in [-0.3, -0.25) is 4.84 Å². The first-order chi connectivity index (χ1) is 13.1. The highest BCUT2D eigenvalue weighted by Gasteiger charge is 2.24. The van der Waals surface area contributed by atoms with Crippen LogP contribution in [-0.4, -0.2) is 17.3 Å². The molecule has 0 fully saturated rings. The Bertz CT molecular complexity index is 891. The Morgan fingerprint density at radius 2 is 1.48 bits per heavy atom. The summed E-state index contributed by atoms with van der Waals surface area (Å²) in [5.41, 5.74) is 0.660. The third kappa shape index (κ3) is 5.12. The fraction of sp³-hybridized carbons (Fsp3) is 0.100. The first kappa shape index (κ1) is 18.1. The van der Waals surface area contributed by atoms with E-state index in [2.05, 4.69) is 0 Å². The first-order valence-corrected chi connectivity index (χ1v) is 8.14. The molecule has 0 atom stereocenters. The number of hydroxylamine groups is 2. The minimum atomic E-state index is -1.06. The van der Waals surface area contributed by atoms with E-state index in [1.54, 1.807) is 73.7 Å². The normalized spacial score (nSPS) is 10.1. The number of aryl methyl sites for hydroxylation is 1. The molecule has 0 N–H and O–H groups in total. The maximum Gasteiger partial charge on any atom is 0.539 e. The number of hydrogen-bond donors (Lipinski definition) is 0. The molecule has 0 unspecified atom stereocenters.